The van der Waals surface area contributed by atoms with Gasteiger partial charge in [0.2, 0.25) is 11.8 Å². The van der Waals surface area contributed by atoms with Crippen LogP contribution >= 0.6 is 0 Å². The predicted octanol–water partition coefficient (Wildman–Crippen LogP) is 8.33. The number of carbonyl (C=O) groups excluding carboxylic acids is 4. The molecule has 4 aromatic carbocycles. The van der Waals surface area contributed by atoms with E-state index in [0.29, 0.717) is 39.4 Å². The fraction of sp³-hybridized carbons (Fsp3) is 0.302. The lowest BCUT2D eigenvalue weighted by molar-refractivity contribution is -0.143. The Morgan fingerprint density at radius 1 is 0.810 bits per heavy atom. The average Bonchev–Trinajstić information content (AvgIpc) is 3.56. The van der Waals surface area contributed by atoms with Gasteiger partial charge in [-0.1, -0.05) is 65.7 Å². The van der Waals surface area contributed by atoms with Gasteiger partial charge < -0.3 is 9.84 Å². The number of phenolic OH excluding ortho intramolecular Hbond substituents is 1. The lowest BCUT2D eigenvalue weighted by atomic mass is 9.49. The highest BCUT2D eigenvalue weighted by Crippen LogP contribution is 2.64. The molecule has 2 heterocycles. The van der Waals surface area contributed by atoms with Crippen molar-refractivity contribution in [2.45, 2.75) is 50.4 Å². The zero-order valence-corrected chi connectivity index (χ0v) is 30.9. The summed E-state index contributed by atoms with van der Waals surface area (Å²) in [7, 11) is 0. The van der Waals surface area contributed by atoms with Crippen molar-refractivity contribution < 1.29 is 55.4 Å². The van der Waals surface area contributed by atoms with Gasteiger partial charge in [-0.3, -0.25) is 24.6 Å². The molecule has 15 heteroatoms. The highest BCUT2D eigenvalue weighted by atomic mass is 19.4. The molecule has 300 valence electrons. The van der Waals surface area contributed by atoms with Crippen molar-refractivity contribution in [1.29, 1.82) is 0 Å². The summed E-state index contributed by atoms with van der Waals surface area (Å²) in [6.45, 7) is 3.74. The molecule has 2 N–H and O–H groups in total. The number of aromatic hydroxyl groups is 1. The number of phenols is 1. The van der Waals surface area contributed by atoms with E-state index in [-0.39, 0.29) is 37.0 Å². The van der Waals surface area contributed by atoms with Gasteiger partial charge in [0.25, 0.3) is 11.8 Å². The summed E-state index contributed by atoms with van der Waals surface area (Å²) >= 11 is 0. The number of halogens is 6. The third-order valence-corrected chi connectivity index (χ3v) is 11.8. The molecule has 4 amide bonds. The summed E-state index contributed by atoms with van der Waals surface area (Å²) in [5.41, 5.74) is -0.245. The number of fused-ring (bicyclic) bond motifs is 4. The second kappa shape index (κ2) is 13.8. The molecule has 3 fully saturated rings. The second-order valence-electron chi connectivity index (χ2n) is 15.0. The normalized spacial score (nSPS) is 25.7. The number of amides is 4. The van der Waals surface area contributed by atoms with Gasteiger partial charge in [0.15, 0.2) is 11.5 Å². The van der Waals surface area contributed by atoms with E-state index in [1.807, 2.05) is 6.92 Å². The summed E-state index contributed by atoms with van der Waals surface area (Å²) < 4.78 is 89.4. The standard InChI is InChI=1S/C43H35F6N3O6/c1-3-58-34-17-23(11-16-33(34)53)36-29-14-15-30-35(39(56)51(37(30)54)28-19-25(42(44,45)46)18-26(20-28)43(47,48)49)31(29)21-32-38(55)52(50-27-12-9-22(2)10-13-27)40(57)41(32,36)24-7-5-4-6-8-24/h4-14,16-20,30-32,35-36,50,53H,3,15,21H2,1-2H3. The van der Waals surface area contributed by atoms with Crippen molar-refractivity contribution >= 4 is 35.0 Å². The van der Waals surface area contributed by atoms with Crippen LogP contribution in [-0.4, -0.2) is 40.4 Å². The minimum absolute atomic E-state index is 0.0749. The molecule has 0 radical (unpaired) electrons. The molecule has 6 atom stereocenters. The first-order valence-corrected chi connectivity index (χ1v) is 18.6. The maximum absolute atomic E-state index is 15.3. The van der Waals surface area contributed by atoms with Gasteiger partial charge in [-0.25, -0.2) is 4.90 Å². The van der Waals surface area contributed by atoms with Crippen LogP contribution in [0.15, 0.2) is 103 Å². The van der Waals surface area contributed by atoms with Crippen molar-refractivity contribution in [3.63, 3.8) is 0 Å². The number of benzene rings is 4. The Labute approximate surface area is 327 Å². The van der Waals surface area contributed by atoms with E-state index in [1.54, 1.807) is 79.7 Å². The lowest BCUT2D eigenvalue weighted by Crippen LogP contribution is -2.53. The maximum Gasteiger partial charge on any atom is 0.416 e. The number of imide groups is 2. The third-order valence-electron chi connectivity index (χ3n) is 11.8. The molecule has 2 aliphatic carbocycles. The smallest absolute Gasteiger partial charge is 0.416 e. The Morgan fingerprint density at radius 2 is 1.47 bits per heavy atom. The molecule has 0 aromatic heterocycles. The van der Waals surface area contributed by atoms with Gasteiger partial charge in [-0.15, -0.1) is 0 Å². The number of aryl methyl sites for hydroxylation is 1. The minimum atomic E-state index is -5.24. The fourth-order valence-electron chi connectivity index (χ4n) is 9.43. The number of rotatable bonds is 7. The van der Waals surface area contributed by atoms with Gasteiger partial charge in [0.1, 0.15) is 0 Å². The highest BCUT2D eigenvalue weighted by molar-refractivity contribution is 6.22. The Balaban J connectivity index is 1.31. The van der Waals surface area contributed by atoms with Gasteiger partial charge in [0.05, 0.1) is 52.3 Å². The molecule has 2 aliphatic heterocycles. The lowest BCUT2D eigenvalue weighted by Gasteiger charge is -2.50. The quantitative estimate of drug-likeness (QED) is 0.110. The number of carbonyl (C=O) groups is 4. The van der Waals surface area contributed by atoms with E-state index >= 15 is 4.79 Å². The summed E-state index contributed by atoms with van der Waals surface area (Å²) in [5, 5.41) is 11.7. The van der Waals surface area contributed by atoms with Gasteiger partial charge in [-0.05, 0) is 86.2 Å². The monoisotopic (exact) mass is 803 g/mol. The van der Waals surface area contributed by atoms with E-state index in [0.717, 1.165) is 10.6 Å². The number of hydrogen-bond donors (Lipinski definition) is 2. The Bertz CT molecular complexity index is 2350. The van der Waals surface area contributed by atoms with E-state index in [9.17, 15) is 45.8 Å². The first-order chi connectivity index (χ1) is 27.5. The summed E-state index contributed by atoms with van der Waals surface area (Å²) in [6.07, 6.45) is -9.09. The number of nitrogens with one attached hydrogen (secondary N) is 1. The fourth-order valence-corrected chi connectivity index (χ4v) is 9.43. The number of ether oxygens (including phenoxy) is 1. The minimum Gasteiger partial charge on any atom is -0.504 e. The second-order valence-corrected chi connectivity index (χ2v) is 15.0. The van der Waals surface area contributed by atoms with Crippen molar-refractivity contribution in [1.82, 2.24) is 5.01 Å². The number of anilines is 2. The molecule has 1 saturated carbocycles. The number of hydrogen-bond acceptors (Lipinski definition) is 7. The molecule has 58 heavy (non-hydrogen) atoms. The molecule has 9 nitrogen and oxygen atoms in total. The van der Waals surface area contributed by atoms with Crippen molar-refractivity contribution in [3.8, 4) is 11.5 Å². The van der Waals surface area contributed by atoms with Crippen LogP contribution in [0.3, 0.4) is 0 Å². The highest BCUT2D eigenvalue weighted by Gasteiger charge is 2.70. The zero-order chi connectivity index (χ0) is 41.5. The zero-order valence-electron chi connectivity index (χ0n) is 30.9. The molecule has 4 aliphatic rings. The third kappa shape index (κ3) is 6.00. The van der Waals surface area contributed by atoms with E-state index in [2.05, 4.69) is 5.43 Å². The Morgan fingerprint density at radius 3 is 2.09 bits per heavy atom. The van der Waals surface area contributed by atoms with Gasteiger partial charge >= 0.3 is 12.4 Å². The first-order valence-electron chi connectivity index (χ1n) is 18.6. The Hall–Kier alpha value is -6.12. The topological polar surface area (TPSA) is 116 Å². The van der Waals surface area contributed by atoms with Crippen LogP contribution < -0.4 is 15.1 Å². The molecule has 8 rings (SSSR count). The summed E-state index contributed by atoms with van der Waals surface area (Å²) in [5.74, 6) is -9.10. The average molecular weight is 804 g/mol. The number of hydrazine groups is 1. The van der Waals surface area contributed by atoms with Gasteiger partial charge in [-0.2, -0.15) is 31.4 Å². The van der Waals surface area contributed by atoms with Gasteiger partial charge in [0, 0.05) is 5.92 Å². The van der Waals surface area contributed by atoms with Crippen LogP contribution in [0.2, 0.25) is 0 Å². The first kappa shape index (κ1) is 38.7. The number of alkyl halides is 6. The van der Waals surface area contributed by atoms with E-state index in [1.165, 1.54) is 6.07 Å². The molecular formula is C43H35F6N3O6. The largest absolute Gasteiger partial charge is 0.504 e. The Kier molecular flexibility index (Phi) is 9.20. The van der Waals surface area contributed by atoms with Crippen LogP contribution in [0.25, 0.3) is 0 Å². The summed E-state index contributed by atoms with van der Waals surface area (Å²) in [6, 6.07) is 20.7. The number of nitrogens with zero attached hydrogens (tertiary/aromatic N) is 2. The van der Waals surface area contributed by atoms with E-state index < -0.39 is 87.8 Å². The molecule has 0 spiro atoms. The predicted molar refractivity (Wildman–Crippen MR) is 197 cm³/mol. The van der Waals surface area contributed by atoms with Crippen LogP contribution in [0, 0.1) is 30.6 Å². The van der Waals surface area contributed by atoms with Crippen molar-refractivity contribution in [2.24, 2.45) is 23.7 Å². The van der Waals surface area contributed by atoms with Crippen LogP contribution in [0.5, 0.6) is 11.5 Å². The van der Waals surface area contributed by atoms with Crippen LogP contribution in [-0.2, 0) is 36.9 Å². The molecule has 0 bridgehead atoms. The molecule has 4 aromatic rings. The van der Waals surface area contributed by atoms with Crippen molar-refractivity contribution in [2.75, 3.05) is 16.9 Å². The molecule has 6 unspecified atom stereocenters. The van der Waals surface area contributed by atoms with Crippen LogP contribution in [0.1, 0.15) is 53.5 Å². The van der Waals surface area contributed by atoms with Crippen molar-refractivity contribution in [3.05, 3.63) is 130 Å². The van der Waals surface area contributed by atoms with Crippen LogP contribution in [0.4, 0.5) is 37.7 Å². The van der Waals surface area contributed by atoms with E-state index in [4.69, 9.17) is 4.74 Å². The number of allylic oxidation sites excluding steroid dienone is 2. The molecular weight excluding hydrogens is 768 g/mol. The molecule has 2 saturated heterocycles. The SMILES string of the molecule is CCOc1cc(C2C3=CCC4C(=O)N(c5cc(C(F)(F)F)cc(C(F)(F)F)c5)C(=O)C4C3CC3C(=O)N(Nc4ccc(C)cc4)C(=O)C32c2ccccc2)ccc1O. The summed E-state index contributed by atoms with van der Waals surface area (Å²) in [4.78, 5) is 59.2. The maximum atomic E-state index is 15.3.